The zero-order valence-electron chi connectivity index (χ0n) is 8.75. The third kappa shape index (κ3) is 3.74. The molecule has 0 fully saturated rings. The van der Waals surface area contributed by atoms with E-state index in [9.17, 15) is 13.2 Å². The van der Waals surface area contributed by atoms with E-state index >= 15 is 0 Å². The Morgan fingerprint density at radius 1 is 1.24 bits per heavy atom. The number of hydrogen-bond acceptors (Lipinski definition) is 5. The van der Waals surface area contributed by atoms with Gasteiger partial charge in [0.25, 0.3) is 5.95 Å². The minimum absolute atomic E-state index is 0.0160. The van der Waals surface area contributed by atoms with Gasteiger partial charge in [0, 0.05) is 0 Å². The van der Waals surface area contributed by atoms with Crippen molar-refractivity contribution in [3.8, 4) is 11.8 Å². The van der Waals surface area contributed by atoms with Crippen molar-refractivity contribution >= 4 is 22.7 Å². The number of methoxy groups -OCH3 is 2. The van der Waals surface area contributed by atoms with Crippen molar-refractivity contribution in [3.05, 3.63) is 6.07 Å². The molecule has 0 bridgehead atoms. The molecule has 0 aromatic carbocycles. The van der Waals surface area contributed by atoms with E-state index in [1.54, 1.807) is 0 Å². The maximum absolute atomic E-state index is 12.1. The second-order valence-electron chi connectivity index (χ2n) is 2.65. The van der Waals surface area contributed by atoms with Crippen molar-refractivity contribution in [3.63, 3.8) is 0 Å². The summed E-state index contributed by atoms with van der Waals surface area (Å²) in [7, 11) is 2.58. The number of alkyl halides is 3. The summed E-state index contributed by atoms with van der Waals surface area (Å²) in [5, 5.41) is -1.58. The monoisotopic (exact) mass is 269 g/mol. The van der Waals surface area contributed by atoms with Crippen LogP contribution in [-0.4, -0.2) is 35.5 Å². The number of hydrogen-bond donors (Lipinski definition) is 0. The molecule has 0 spiro atoms. The topological polar surface area (TPSA) is 56.6 Å². The Bertz CT molecular complexity index is 414. The molecule has 0 amide bonds. The number of nitrogens with zero attached hydrogens (tertiary/aromatic N) is 3. The van der Waals surface area contributed by atoms with Crippen LogP contribution in [0.1, 0.15) is 0 Å². The van der Waals surface area contributed by atoms with E-state index in [1.165, 1.54) is 20.3 Å². The van der Waals surface area contributed by atoms with Crippen LogP contribution in [0, 0.1) is 0 Å². The molecule has 1 aromatic rings. The largest absolute Gasteiger partial charge is 0.481 e. The molecular weight excluding hydrogens is 263 g/mol. The van der Waals surface area contributed by atoms with E-state index < -0.39 is 17.3 Å². The standard InChI is InChI=1S/C8H7ClF3N3O2/c1-16-4-3-5(17-2)14-7(13-4)15-6(9)8(10,11)12/h3H,1-2H3. The summed E-state index contributed by atoms with van der Waals surface area (Å²) in [6.45, 7) is 0. The van der Waals surface area contributed by atoms with Crippen molar-refractivity contribution in [2.45, 2.75) is 6.18 Å². The first-order valence-corrected chi connectivity index (χ1v) is 4.53. The van der Waals surface area contributed by atoms with E-state index in [1.807, 2.05) is 0 Å². The fourth-order valence-corrected chi connectivity index (χ4v) is 0.878. The SMILES string of the molecule is COc1cc(OC)nc(N=C(Cl)C(F)(F)F)n1. The van der Waals surface area contributed by atoms with E-state index in [4.69, 9.17) is 21.1 Å². The average Bonchev–Trinajstić information content (AvgIpc) is 2.27. The van der Waals surface area contributed by atoms with Gasteiger partial charge in [0.05, 0.1) is 20.3 Å². The van der Waals surface area contributed by atoms with E-state index in [0.29, 0.717) is 0 Å². The molecule has 94 valence electrons. The molecule has 0 atom stereocenters. The predicted molar refractivity (Wildman–Crippen MR) is 54.1 cm³/mol. The highest BCUT2D eigenvalue weighted by Gasteiger charge is 2.34. The van der Waals surface area contributed by atoms with Gasteiger partial charge in [-0.05, 0) is 0 Å². The predicted octanol–water partition coefficient (Wildman–Crippen LogP) is 2.32. The van der Waals surface area contributed by atoms with Crippen molar-refractivity contribution in [1.29, 1.82) is 0 Å². The molecular formula is C8H7ClF3N3O2. The Hall–Kier alpha value is -1.57. The molecule has 0 N–H and O–H groups in total. The molecule has 0 aliphatic carbocycles. The third-order valence-electron chi connectivity index (χ3n) is 1.52. The Kier molecular flexibility index (Phi) is 4.11. The van der Waals surface area contributed by atoms with Crippen molar-refractivity contribution < 1.29 is 22.6 Å². The summed E-state index contributed by atoms with van der Waals surface area (Å²) in [6.07, 6.45) is -4.75. The van der Waals surface area contributed by atoms with Gasteiger partial charge in [0.1, 0.15) is 0 Å². The highest BCUT2D eigenvalue weighted by Crippen LogP contribution is 2.24. The summed E-state index contributed by atoms with van der Waals surface area (Å²) in [6, 6.07) is 1.29. The summed E-state index contributed by atoms with van der Waals surface area (Å²) < 4.78 is 45.8. The van der Waals surface area contributed by atoms with Crippen LogP contribution in [-0.2, 0) is 0 Å². The summed E-state index contributed by atoms with van der Waals surface area (Å²) in [4.78, 5) is 10.2. The molecule has 0 aliphatic heterocycles. The first kappa shape index (κ1) is 13.5. The van der Waals surface area contributed by atoms with Crippen LogP contribution < -0.4 is 9.47 Å². The van der Waals surface area contributed by atoms with Crippen LogP contribution in [0.4, 0.5) is 19.1 Å². The molecule has 9 heteroatoms. The first-order chi connectivity index (χ1) is 7.86. The van der Waals surface area contributed by atoms with Gasteiger partial charge in [0.2, 0.25) is 16.9 Å². The molecule has 1 heterocycles. The molecule has 17 heavy (non-hydrogen) atoms. The smallest absolute Gasteiger partial charge is 0.444 e. The Balaban J connectivity index is 3.14. The van der Waals surface area contributed by atoms with Crippen LogP contribution in [0.5, 0.6) is 11.8 Å². The molecule has 0 saturated carbocycles. The molecule has 5 nitrogen and oxygen atoms in total. The lowest BCUT2D eigenvalue weighted by molar-refractivity contribution is -0.0558. The van der Waals surface area contributed by atoms with Gasteiger partial charge < -0.3 is 9.47 Å². The quantitative estimate of drug-likeness (QED) is 0.790. The molecule has 0 saturated heterocycles. The first-order valence-electron chi connectivity index (χ1n) is 4.15. The van der Waals surface area contributed by atoms with Crippen LogP contribution in [0.25, 0.3) is 0 Å². The van der Waals surface area contributed by atoms with E-state index in [-0.39, 0.29) is 11.8 Å². The van der Waals surface area contributed by atoms with Crippen LogP contribution >= 0.6 is 11.6 Å². The van der Waals surface area contributed by atoms with Gasteiger partial charge in [-0.15, -0.1) is 0 Å². The van der Waals surface area contributed by atoms with Crippen LogP contribution in [0.15, 0.2) is 11.1 Å². The fourth-order valence-electron chi connectivity index (χ4n) is 0.803. The number of aromatic nitrogens is 2. The average molecular weight is 270 g/mol. The summed E-state index contributed by atoms with van der Waals surface area (Å²) in [5.74, 6) is -0.465. The van der Waals surface area contributed by atoms with Gasteiger partial charge in [-0.1, -0.05) is 11.6 Å². The molecule has 0 radical (unpaired) electrons. The zero-order chi connectivity index (χ0) is 13.1. The second kappa shape index (κ2) is 5.17. The maximum Gasteiger partial charge on any atom is 0.444 e. The zero-order valence-corrected chi connectivity index (χ0v) is 9.50. The van der Waals surface area contributed by atoms with Crippen molar-refractivity contribution in [2.24, 2.45) is 4.99 Å². The minimum atomic E-state index is -4.75. The number of ether oxygens (including phenoxy) is 2. The highest BCUT2D eigenvalue weighted by molar-refractivity contribution is 6.67. The van der Waals surface area contributed by atoms with Gasteiger partial charge in [-0.3, -0.25) is 0 Å². The minimum Gasteiger partial charge on any atom is -0.481 e. The second-order valence-corrected chi connectivity index (χ2v) is 3.01. The van der Waals surface area contributed by atoms with Gasteiger partial charge >= 0.3 is 6.18 Å². The Morgan fingerprint density at radius 3 is 2.06 bits per heavy atom. The van der Waals surface area contributed by atoms with Gasteiger partial charge in [-0.25, -0.2) is 0 Å². The highest BCUT2D eigenvalue weighted by atomic mass is 35.5. The van der Waals surface area contributed by atoms with E-state index in [0.717, 1.165) is 0 Å². The molecule has 1 aromatic heterocycles. The number of halogens is 4. The molecule has 0 aliphatic rings. The van der Waals surface area contributed by atoms with Crippen LogP contribution in [0.2, 0.25) is 0 Å². The van der Waals surface area contributed by atoms with E-state index in [2.05, 4.69) is 15.0 Å². The lowest BCUT2D eigenvalue weighted by atomic mass is 10.6. The van der Waals surface area contributed by atoms with Gasteiger partial charge in [-0.2, -0.15) is 28.1 Å². The number of rotatable bonds is 3. The summed E-state index contributed by atoms with van der Waals surface area (Å²) >= 11 is 4.95. The van der Waals surface area contributed by atoms with Crippen molar-refractivity contribution in [2.75, 3.05) is 14.2 Å². The number of aliphatic imine (C=N–C) groups is 1. The van der Waals surface area contributed by atoms with Gasteiger partial charge in [0.15, 0.2) is 0 Å². The van der Waals surface area contributed by atoms with Crippen molar-refractivity contribution in [1.82, 2.24) is 9.97 Å². The third-order valence-corrected chi connectivity index (χ3v) is 1.82. The normalized spacial score (nSPS) is 12.5. The lowest BCUT2D eigenvalue weighted by Gasteiger charge is -2.05. The Morgan fingerprint density at radius 2 is 1.71 bits per heavy atom. The Labute approximate surface area is 99.3 Å². The maximum atomic E-state index is 12.1. The molecule has 1 rings (SSSR count). The lowest BCUT2D eigenvalue weighted by Crippen LogP contribution is -2.16. The molecule has 0 unspecified atom stereocenters. The summed E-state index contributed by atoms with van der Waals surface area (Å²) in [5.41, 5.74) is 0. The fraction of sp³-hybridized carbons (Fsp3) is 0.375. The van der Waals surface area contributed by atoms with Crippen LogP contribution in [0.3, 0.4) is 0 Å².